The van der Waals surface area contributed by atoms with Gasteiger partial charge in [-0.25, -0.2) is 0 Å². The average molecular weight is 396 g/mol. The molecule has 0 radical (unpaired) electrons. The molecule has 0 atom stereocenters. The SMILES string of the molecule is CN=C(NCC(=O)N1CCN(c2ccccc2)CC1)NCc1ccccc1OC. The summed E-state index contributed by atoms with van der Waals surface area (Å²) in [5, 5.41) is 6.34. The number of rotatable bonds is 6. The molecular weight excluding hydrogens is 366 g/mol. The molecule has 29 heavy (non-hydrogen) atoms. The van der Waals surface area contributed by atoms with Crippen LogP contribution in [0.3, 0.4) is 0 Å². The Labute approximate surface area is 172 Å². The zero-order valence-electron chi connectivity index (χ0n) is 17.1. The van der Waals surface area contributed by atoms with Crippen LogP contribution in [0.5, 0.6) is 5.75 Å². The van der Waals surface area contributed by atoms with Gasteiger partial charge in [0.15, 0.2) is 5.96 Å². The number of nitrogens with zero attached hydrogens (tertiary/aromatic N) is 3. The number of hydrogen-bond acceptors (Lipinski definition) is 4. The summed E-state index contributed by atoms with van der Waals surface area (Å²) >= 11 is 0. The lowest BCUT2D eigenvalue weighted by Gasteiger charge is -2.36. The normalized spacial score (nSPS) is 14.5. The summed E-state index contributed by atoms with van der Waals surface area (Å²) in [5.41, 5.74) is 2.24. The molecule has 3 rings (SSSR count). The van der Waals surface area contributed by atoms with E-state index in [0.717, 1.165) is 37.5 Å². The zero-order chi connectivity index (χ0) is 20.5. The van der Waals surface area contributed by atoms with Gasteiger partial charge in [-0.2, -0.15) is 0 Å². The summed E-state index contributed by atoms with van der Waals surface area (Å²) in [6.45, 7) is 3.92. The van der Waals surface area contributed by atoms with Crippen molar-refractivity contribution in [2.75, 3.05) is 51.8 Å². The quantitative estimate of drug-likeness (QED) is 0.576. The Bertz CT molecular complexity index is 817. The van der Waals surface area contributed by atoms with Crippen LogP contribution in [0, 0.1) is 0 Å². The largest absolute Gasteiger partial charge is 0.496 e. The topological polar surface area (TPSA) is 69.2 Å². The van der Waals surface area contributed by atoms with E-state index in [2.05, 4.69) is 32.7 Å². The zero-order valence-corrected chi connectivity index (χ0v) is 17.1. The number of carbonyl (C=O) groups is 1. The van der Waals surface area contributed by atoms with Crippen molar-refractivity contribution in [1.29, 1.82) is 0 Å². The number of benzene rings is 2. The highest BCUT2D eigenvalue weighted by molar-refractivity contribution is 5.86. The summed E-state index contributed by atoms with van der Waals surface area (Å²) in [6.07, 6.45) is 0. The van der Waals surface area contributed by atoms with E-state index in [1.807, 2.05) is 47.4 Å². The van der Waals surface area contributed by atoms with Gasteiger partial charge < -0.3 is 25.2 Å². The molecule has 0 saturated carbocycles. The first-order valence-corrected chi connectivity index (χ1v) is 9.85. The summed E-state index contributed by atoms with van der Waals surface area (Å²) in [6, 6.07) is 18.1. The third-order valence-corrected chi connectivity index (χ3v) is 5.02. The molecule has 2 aromatic rings. The number of methoxy groups -OCH3 is 1. The maximum Gasteiger partial charge on any atom is 0.242 e. The van der Waals surface area contributed by atoms with Gasteiger partial charge in [-0.15, -0.1) is 0 Å². The van der Waals surface area contributed by atoms with Gasteiger partial charge >= 0.3 is 0 Å². The monoisotopic (exact) mass is 395 g/mol. The fourth-order valence-electron chi connectivity index (χ4n) is 3.37. The van der Waals surface area contributed by atoms with Gasteiger partial charge in [0.05, 0.1) is 13.7 Å². The van der Waals surface area contributed by atoms with Crippen LogP contribution in [-0.2, 0) is 11.3 Å². The third-order valence-electron chi connectivity index (χ3n) is 5.02. The van der Waals surface area contributed by atoms with Gasteiger partial charge in [-0.3, -0.25) is 9.79 Å². The Morgan fingerprint density at radius 1 is 1.00 bits per heavy atom. The van der Waals surface area contributed by atoms with E-state index in [9.17, 15) is 4.79 Å². The molecule has 0 aliphatic carbocycles. The molecule has 0 aromatic heterocycles. The number of nitrogens with one attached hydrogen (secondary N) is 2. The summed E-state index contributed by atoms with van der Waals surface area (Å²) in [5.74, 6) is 1.49. The second-order valence-corrected chi connectivity index (χ2v) is 6.79. The predicted molar refractivity (Wildman–Crippen MR) is 116 cm³/mol. The fourth-order valence-corrected chi connectivity index (χ4v) is 3.37. The number of guanidine groups is 1. The van der Waals surface area contributed by atoms with Crippen molar-refractivity contribution in [3.63, 3.8) is 0 Å². The minimum absolute atomic E-state index is 0.0814. The standard InChI is InChI=1S/C22H29N5O2/c1-23-22(24-16-18-8-6-7-11-20(18)29-2)25-17-21(28)27-14-12-26(13-15-27)19-9-4-3-5-10-19/h3-11H,12-17H2,1-2H3,(H2,23,24,25). The second-order valence-electron chi connectivity index (χ2n) is 6.79. The van der Waals surface area contributed by atoms with Gasteiger partial charge in [0, 0.05) is 51.0 Å². The van der Waals surface area contributed by atoms with Crippen LogP contribution in [0.25, 0.3) is 0 Å². The molecule has 0 bridgehead atoms. The van der Waals surface area contributed by atoms with Gasteiger partial charge in [-0.1, -0.05) is 36.4 Å². The van der Waals surface area contributed by atoms with E-state index in [1.54, 1.807) is 14.2 Å². The number of hydrogen-bond donors (Lipinski definition) is 2. The lowest BCUT2D eigenvalue weighted by atomic mass is 10.2. The van der Waals surface area contributed by atoms with Crippen LogP contribution < -0.4 is 20.3 Å². The van der Waals surface area contributed by atoms with Gasteiger partial charge in [0.25, 0.3) is 0 Å². The maximum absolute atomic E-state index is 12.6. The van der Waals surface area contributed by atoms with Crippen molar-refractivity contribution >= 4 is 17.6 Å². The first-order valence-electron chi connectivity index (χ1n) is 9.85. The lowest BCUT2D eigenvalue weighted by molar-refractivity contribution is -0.130. The molecule has 2 N–H and O–H groups in total. The molecule has 2 aromatic carbocycles. The minimum Gasteiger partial charge on any atom is -0.496 e. The number of piperazine rings is 1. The van der Waals surface area contributed by atoms with E-state index in [1.165, 1.54) is 5.69 Å². The van der Waals surface area contributed by atoms with Crippen molar-refractivity contribution in [2.45, 2.75) is 6.54 Å². The first-order chi connectivity index (χ1) is 14.2. The van der Waals surface area contributed by atoms with E-state index >= 15 is 0 Å². The number of aliphatic imine (C=N–C) groups is 1. The van der Waals surface area contributed by atoms with Gasteiger partial charge in [-0.05, 0) is 18.2 Å². The van der Waals surface area contributed by atoms with E-state index in [-0.39, 0.29) is 12.5 Å². The molecule has 1 aliphatic heterocycles. The summed E-state index contributed by atoms with van der Waals surface area (Å²) < 4.78 is 5.36. The first kappa shape index (κ1) is 20.5. The van der Waals surface area contributed by atoms with Crippen LogP contribution in [0.1, 0.15) is 5.56 Å². The van der Waals surface area contributed by atoms with Crippen molar-refractivity contribution in [1.82, 2.24) is 15.5 Å². The van der Waals surface area contributed by atoms with E-state index < -0.39 is 0 Å². The molecular formula is C22H29N5O2. The molecule has 1 fully saturated rings. The lowest BCUT2D eigenvalue weighted by Crippen LogP contribution is -2.52. The molecule has 1 aliphatic rings. The molecule has 1 amide bonds. The highest BCUT2D eigenvalue weighted by atomic mass is 16.5. The van der Waals surface area contributed by atoms with Crippen LogP contribution in [0.2, 0.25) is 0 Å². The van der Waals surface area contributed by atoms with Crippen molar-refractivity contribution in [3.05, 3.63) is 60.2 Å². The summed E-state index contributed by atoms with van der Waals surface area (Å²) in [7, 11) is 3.35. The van der Waals surface area contributed by atoms with Crippen molar-refractivity contribution in [3.8, 4) is 5.75 Å². The Morgan fingerprint density at radius 2 is 1.69 bits per heavy atom. The van der Waals surface area contributed by atoms with E-state index in [4.69, 9.17) is 4.74 Å². The number of ether oxygens (including phenoxy) is 1. The Balaban J connectivity index is 1.43. The van der Waals surface area contributed by atoms with Crippen LogP contribution >= 0.6 is 0 Å². The van der Waals surface area contributed by atoms with Crippen LogP contribution in [0.4, 0.5) is 5.69 Å². The molecule has 1 heterocycles. The third kappa shape index (κ3) is 5.63. The number of amides is 1. The predicted octanol–water partition coefficient (Wildman–Crippen LogP) is 1.71. The van der Waals surface area contributed by atoms with Crippen LogP contribution in [-0.4, -0.2) is 63.6 Å². The number of carbonyl (C=O) groups excluding carboxylic acids is 1. The fraction of sp³-hybridized carbons (Fsp3) is 0.364. The Morgan fingerprint density at radius 3 is 2.38 bits per heavy atom. The molecule has 1 saturated heterocycles. The highest BCUT2D eigenvalue weighted by Gasteiger charge is 2.21. The van der Waals surface area contributed by atoms with Gasteiger partial charge in [0.2, 0.25) is 5.91 Å². The smallest absolute Gasteiger partial charge is 0.242 e. The van der Waals surface area contributed by atoms with E-state index in [0.29, 0.717) is 12.5 Å². The average Bonchev–Trinajstić information content (AvgIpc) is 2.80. The molecule has 7 nitrogen and oxygen atoms in total. The highest BCUT2D eigenvalue weighted by Crippen LogP contribution is 2.17. The Kier molecular flexibility index (Phi) is 7.33. The number of para-hydroxylation sites is 2. The van der Waals surface area contributed by atoms with Crippen molar-refractivity contribution in [2.24, 2.45) is 4.99 Å². The maximum atomic E-state index is 12.6. The molecule has 0 spiro atoms. The van der Waals surface area contributed by atoms with Crippen molar-refractivity contribution < 1.29 is 9.53 Å². The molecule has 7 heteroatoms. The molecule has 154 valence electrons. The number of anilines is 1. The Hall–Kier alpha value is -3.22. The minimum atomic E-state index is 0.0814. The second kappa shape index (κ2) is 10.4. The van der Waals surface area contributed by atoms with Crippen LogP contribution in [0.15, 0.2) is 59.6 Å². The van der Waals surface area contributed by atoms with Gasteiger partial charge in [0.1, 0.15) is 5.75 Å². The summed E-state index contributed by atoms with van der Waals surface area (Å²) in [4.78, 5) is 21.0. The molecule has 0 unspecified atom stereocenters.